The summed E-state index contributed by atoms with van der Waals surface area (Å²) < 4.78 is 15.6. The Hall–Kier alpha value is -1.20. The summed E-state index contributed by atoms with van der Waals surface area (Å²) in [4.78, 5) is 0. The monoisotopic (exact) mass is 353 g/mol. The molecular weight excluding hydrogens is 333 g/mol. The van der Waals surface area contributed by atoms with Gasteiger partial charge in [-0.25, -0.2) is 4.39 Å². The Bertz CT molecular complexity index is 583. The SMILES string of the molecule is CCCNC(CC)c1cnn(Cc2ccc(F)c(Br)c2)c1. The zero-order valence-corrected chi connectivity index (χ0v) is 14.0. The molecular formula is C16H21BrFN3. The molecule has 2 aromatic rings. The minimum atomic E-state index is -0.241. The van der Waals surface area contributed by atoms with Crippen LogP contribution in [0.15, 0.2) is 35.1 Å². The van der Waals surface area contributed by atoms with Crippen LogP contribution in [-0.4, -0.2) is 16.3 Å². The molecule has 0 spiro atoms. The molecule has 1 aromatic heterocycles. The van der Waals surface area contributed by atoms with Gasteiger partial charge in [0.2, 0.25) is 0 Å². The summed E-state index contributed by atoms with van der Waals surface area (Å²) in [5.74, 6) is -0.241. The molecule has 1 heterocycles. The van der Waals surface area contributed by atoms with Crippen LogP contribution in [0.5, 0.6) is 0 Å². The van der Waals surface area contributed by atoms with Crippen molar-refractivity contribution in [1.29, 1.82) is 0 Å². The third-order valence-electron chi connectivity index (χ3n) is 3.43. The average molecular weight is 354 g/mol. The molecule has 0 saturated heterocycles. The lowest BCUT2D eigenvalue weighted by Crippen LogP contribution is -2.21. The minimum Gasteiger partial charge on any atom is -0.310 e. The zero-order chi connectivity index (χ0) is 15.2. The van der Waals surface area contributed by atoms with Crippen LogP contribution in [0.3, 0.4) is 0 Å². The fourth-order valence-corrected chi connectivity index (χ4v) is 2.71. The third kappa shape index (κ3) is 4.38. The number of nitrogens with zero attached hydrogens (tertiary/aromatic N) is 2. The zero-order valence-electron chi connectivity index (χ0n) is 12.4. The Balaban J connectivity index is 2.06. The second kappa shape index (κ2) is 7.71. The summed E-state index contributed by atoms with van der Waals surface area (Å²) in [6.07, 6.45) is 6.13. The van der Waals surface area contributed by atoms with E-state index in [1.54, 1.807) is 12.1 Å². The number of aromatic nitrogens is 2. The number of benzene rings is 1. The van der Waals surface area contributed by atoms with Gasteiger partial charge in [-0.1, -0.05) is 19.9 Å². The molecule has 0 aliphatic rings. The molecule has 5 heteroatoms. The van der Waals surface area contributed by atoms with Crippen LogP contribution in [0, 0.1) is 5.82 Å². The lowest BCUT2D eigenvalue weighted by Gasteiger charge is -2.14. The molecule has 0 aliphatic carbocycles. The van der Waals surface area contributed by atoms with Crippen LogP contribution in [0.2, 0.25) is 0 Å². The van der Waals surface area contributed by atoms with Crippen molar-refractivity contribution in [2.24, 2.45) is 0 Å². The highest BCUT2D eigenvalue weighted by atomic mass is 79.9. The largest absolute Gasteiger partial charge is 0.310 e. The Morgan fingerprint density at radius 3 is 2.86 bits per heavy atom. The minimum absolute atomic E-state index is 0.241. The van der Waals surface area contributed by atoms with Crippen LogP contribution in [-0.2, 0) is 6.54 Å². The normalized spacial score (nSPS) is 12.6. The molecule has 0 saturated carbocycles. The quantitative estimate of drug-likeness (QED) is 0.804. The molecule has 3 nitrogen and oxygen atoms in total. The number of halogens is 2. The van der Waals surface area contributed by atoms with Crippen molar-refractivity contribution in [2.75, 3.05) is 6.54 Å². The smallest absolute Gasteiger partial charge is 0.137 e. The van der Waals surface area contributed by atoms with Gasteiger partial charge in [-0.05, 0) is 53.0 Å². The van der Waals surface area contributed by atoms with Crippen molar-refractivity contribution in [1.82, 2.24) is 15.1 Å². The summed E-state index contributed by atoms with van der Waals surface area (Å²) in [5, 5.41) is 7.93. The topological polar surface area (TPSA) is 29.9 Å². The summed E-state index contributed by atoms with van der Waals surface area (Å²) in [7, 11) is 0. The first-order valence-corrected chi connectivity index (χ1v) is 8.13. The van der Waals surface area contributed by atoms with Gasteiger partial charge < -0.3 is 5.32 Å². The average Bonchev–Trinajstić information content (AvgIpc) is 2.92. The summed E-state index contributed by atoms with van der Waals surface area (Å²) in [5.41, 5.74) is 2.22. The summed E-state index contributed by atoms with van der Waals surface area (Å²) in [6.45, 7) is 5.98. The first-order chi connectivity index (χ1) is 10.1. The van der Waals surface area contributed by atoms with Gasteiger partial charge in [0.25, 0.3) is 0 Å². The molecule has 2 rings (SSSR count). The molecule has 1 aromatic carbocycles. The molecule has 21 heavy (non-hydrogen) atoms. The lowest BCUT2D eigenvalue weighted by molar-refractivity contribution is 0.517. The lowest BCUT2D eigenvalue weighted by atomic mass is 10.1. The molecule has 1 N–H and O–H groups in total. The number of rotatable bonds is 7. The number of hydrogen-bond acceptors (Lipinski definition) is 2. The first-order valence-electron chi connectivity index (χ1n) is 7.33. The van der Waals surface area contributed by atoms with Crippen LogP contribution in [0.25, 0.3) is 0 Å². The van der Waals surface area contributed by atoms with Gasteiger partial charge in [0.05, 0.1) is 17.2 Å². The highest BCUT2D eigenvalue weighted by molar-refractivity contribution is 9.10. The van der Waals surface area contributed by atoms with Crippen LogP contribution in [0.4, 0.5) is 4.39 Å². The molecule has 114 valence electrons. The van der Waals surface area contributed by atoms with E-state index in [1.165, 1.54) is 11.6 Å². The Kier molecular flexibility index (Phi) is 5.94. The van der Waals surface area contributed by atoms with E-state index in [9.17, 15) is 4.39 Å². The standard InChI is InChI=1S/C16H21BrFN3/c1-3-7-19-16(4-2)13-9-20-21(11-13)10-12-5-6-15(18)14(17)8-12/h5-6,8-9,11,16,19H,3-4,7,10H2,1-2H3. The fourth-order valence-electron chi connectivity index (χ4n) is 2.29. The van der Waals surface area contributed by atoms with Gasteiger partial charge in [0, 0.05) is 17.8 Å². The molecule has 0 bridgehead atoms. The predicted octanol–water partition coefficient (Wildman–Crippen LogP) is 4.28. The highest BCUT2D eigenvalue weighted by Crippen LogP contribution is 2.19. The van der Waals surface area contributed by atoms with E-state index in [0.29, 0.717) is 17.1 Å². The molecule has 0 amide bonds. The maximum Gasteiger partial charge on any atom is 0.137 e. The van der Waals surface area contributed by atoms with Crippen LogP contribution >= 0.6 is 15.9 Å². The Morgan fingerprint density at radius 1 is 1.38 bits per heavy atom. The van der Waals surface area contributed by atoms with Crippen molar-refractivity contribution in [2.45, 2.75) is 39.3 Å². The van der Waals surface area contributed by atoms with E-state index < -0.39 is 0 Å². The number of nitrogens with one attached hydrogen (secondary N) is 1. The van der Waals surface area contributed by atoms with E-state index in [0.717, 1.165) is 24.9 Å². The van der Waals surface area contributed by atoms with Crippen molar-refractivity contribution < 1.29 is 4.39 Å². The van der Waals surface area contributed by atoms with Crippen molar-refractivity contribution in [3.8, 4) is 0 Å². The van der Waals surface area contributed by atoms with E-state index >= 15 is 0 Å². The van der Waals surface area contributed by atoms with Crippen molar-refractivity contribution >= 4 is 15.9 Å². The van der Waals surface area contributed by atoms with E-state index in [1.807, 2.05) is 10.9 Å². The molecule has 1 unspecified atom stereocenters. The van der Waals surface area contributed by atoms with Gasteiger partial charge in [0.15, 0.2) is 0 Å². The molecule has 1 atom stereocenters. The number of hydrogen-bond donors (Lipinski definition) is 1. The molecule has 0 fully saturated rings. The first kappa shape index (κ1) is 16.2. The van der Waals surface area contributed by atoms with E-state index in [-0.39, 0.29) is 5.82 Å². The van der Waals surface area contributed by atoms with Gasteiger partial charge in [-0.2, -0.15) is 5.10 Å². The van der Waals surface area contributed by atoms with Gasteiger partial charge in [-0.3, -0.25) is 4.68 Å². The molecule has 0 aliphatic heterocycles. The molecule has 0 radical (unpaired) electrons. The van der Waals surface area contributed by atoms with Gasteiger partial charge in [0.1, 0.15) is 5.82 Å². The third-order valence-corrected chi connectivity index (χ3v) is 4.04. The van der Waals surface area contributed by atoms with Crippen LogP contribution in [0.1, 0.15) is 43.9 Å². The second-order valence-corrected chi connectivity index (χ2v) is 5.99. The highest BCUT2D eigenvalue weighted by Gasteiger charge is 2.11. The Labute approximate surface area is 133 Å². The maximum atomic E-state index is 13.2. The fraction of sp³-hybridized carbons (Fsp3) is 0.438. The Morgan fingerprint density at radius 2 is 2.19 bits per heavy atom. The van der Waals surface area contributed by atoms with Gasteiger partial charge >= 0.3 is 0 Å². The predicted molar refractivity (Wildman–Crippen MR) is 86.8 cm³/mol. The van der Waals surface area contributed by atoms with E-state index in [2.05, 4.69) is 46.4 Å². The van der Waals surface area contributed by atoms with Crippen molar-refractivity contribution in [3.63, 3.8) is 0 Å². The van der Waals surface area contributed by atoms with Crippen molar-refractivity contribution in [3.05, 3.63) is 52.0 Å². The van der Waals surface area contributed by atoms with E-state index in [4.69, 9.17) is 0 Å². The van der Waals surface area contributed by atoms with Gasteiger partial charge in [-0.15, -0.1) is 0 Å². The summed E-state index contributed by atoms with van der Waals surface area (Å²) >= 11 is 3.21. The maximum absolute atomic E-state index is 13.2. The summed E-state index contributed by atoms with van der Waals surface area (Å²) in [6, 6.07) is 5.40. The second-order valence-electron chi connectivity index (χ2n) is 5.13. The van der Waals surface area contributed by atoms with Crippen LogP contribution < -0.4 is 5.32 Å².